The molecule has 1 saturated heterocycles. The first-order chi connectivity index (χ1) is 9.45. The lowest BCUT2D eigenvalue weighted by molar-refractivity contribution is -0.150. The smallest absolute Gasteiger partial charge is 0.309 e. The molecule has 1 aliphatic heterocycles. The van der Waals surface area contributed by atoms with Crippen molar-refractivity contribution in [1.29, 1.82) is 0 Å². The van der Waals surface area contributed by atoms with Gasteiger partial charge in [0, 0.05) is 19.1 Å². The van der Waals surface area contributed by atoms with Gasteiger partial charge in [0.15, 0.2) is 0 Å². The maximum atomic E-state index is 12.1. The van der Waals surface area contributed by atoms with Crippen LogP contribution < -0.4 is 5.32 Å². The number of morpholine rings is 1. The van der Waals surface area contributed by atoms with Crippen LogP contribution >= 0.6 is 0 Å². The number of amides is 1. The molecule has 0 bridgehead atoms. The Labute approximate surface area is 120 Å². The summed E-state index contributed by atoms with van der Waals surface area (Å²) in [6, 6.07) is -0.239. The lowest BCUT2D eigenvalue weighted by Crippen LogP contribution is -2.56. The number of nitrogens with zero attached hydrogens (tertiary/aromatic N) is 1. The van der Waals surface area contributed by atoms with E-state index in [0.717, 1.165) is 0 Å². The second kappa shape index (κ2) is 8.21. The van der Waals surface area contributed by atoms with Gasteiger partial charge in [-0.15, -0.1) is 0 Å². The Morgan fingerprint density at radius 3 is 2.70 bits per heavy atom. The predicted octanol–water partition coefficient (Wildman–Crippen LogP) is 0.411. The fraction of sp³-hybridized carbons (Fsp3) is 0.857. The minimum Gasteiger partial charge on any atom is -0.466 e. The van der Waals surface area contributed by atoms with Crippen molar-refractivity contribution in [2.45, 2.75) is 39.8 Å². The molecule has 0 aromatic rings. The number of hydrogen-bond acceptors (Lipinski definition) is 5. The van der Waals surface area contributed by atoms with Crippen LogP contribution in [0, 0.1) is 5.92 Å². The zero-order valence-corrected chi connectivity index (χ0v) is 12.8. The lowest BCUT2D eigenvalue weighted by atomic mass is 10.1. The van der Waals surface area contributed by atoms with Crippen molar-refractivity contribution in [3.05, 3.63) is 0 Å². The maximum absolute atomic E-state index is 12.1. The molecular formula is C14H26N2O4. The van der Waals surface area contributed by atoms with Gasteiger partial charge in [-0.3, -0.25) is 14.5 Å². The number of rotatable bonds is 6. The topological polar surface area (TPSA) is 67.9 Å². The molecule has 1 aliphatic rings. The van der Waals surface area contributed by atoms with E-state index in [4.69, 9.17) is 9.47 Å². The molecular weight excluding hydrogens is 260 g/mol. The second-order valence-electron chi connectivity index (χ2n) is 5.40. The van der Waals surface area contributed by atoms with Gasteiger partial charge in [0.1, 0.15) is 6.04 Å². The van der Waals surface area contributed by atoms with E-state index in [2.05, 4.69) is 5.32 Å². The minimum absolute atomic E-state index is 0.0456. The molecule has 1 amide bonds. The molecule has 2 unspecified atom stereocenters. The van der Waals surface area contributed by atoms with Crippen LogP contribution in [0.3, 0.4) is 0 Å². The number of carbonyl (C=O) groups excluding carboxylic acids is 2. The monoisotopic (exact) mass is 286 g/mol. The van der Waals surface area contributed by atoms with Crippen LogP contribution in [0.1, 0.15) is 27.7 Å². The van der Waals surface area contributed by atoms with Gasteiger partial charge in [-0.25, -0.2) is 0 Å². The summed E-state index contributed by atoms with van der Waals surface area (Å²) in [6.07, 6.45) is 0. The van der Waals surface area contributed by atoms with E-state index in [-0.39, 0.29) is 29.9 Å². The summed E-state index contributed by atoms with van der Waals surface area (Å²) in [6.45, 7) is 9.96. The van der Waals surface area contributed by atoms with E-state index in [1.807, 2.05) is 25.7 Å². The fourth-order valence-corrected chi connectivity index (χ4v) is 2.19. The van der Waals surface area contributed by atoms with Crippen molar-refractivity contribution in [2.24, 2.45) is 5.92 Å². The number of esters is 1. The summed E-state index contributed by atoms with van der Waals surface area (Å²) < 4.78 is 10.4. The molecule has 1 fully saturated rings. The standard InChI is InChI=1S/C14H26N2O4/c1-5-20-14(18)11(4)8-16-6-7-19-9-12(16)13(17)15-10(2)3/h10-12H,5-9H2,1-4H3,(H,15,17). The molecule has 116 valence electrons. The zero-order chi connectivity index (χ0) is 15.1. The summed E-state index contributed by atoms with van der Waals surface area (Å²) in [5, 5.41) is 2.89. The molecule has 2 atom stereocenters. The zero-order valence-electron chi connectivity index (χ0n) is 12.8. The predicted molar refractivity (Wildman–Crippen MR) is 75.3 cm³/mol. The molecule has 6 nitrogen and oxygen atoms in total. The SMILES string of the molecule is CCOC(=O)C(C)CN1CCOCC1C(=O)NC(C)C. The molecule has 0 spiro atoms. The van der Waals surface area contributed by atoms with Gasteiger partial charge in [0.25, 0.3) is 0 Å². The quantitative estimate of drug-likeness (QED) is 0.716. The third kappa shape index (κ3) is 5.09. The Kier molecular flexibility index (Phi) is 6.95. The minimum atomic E-state index is -0.331. The molecule has 0 saturated carbocycles. The highest BCUT2D eigenvalue weighted by Crippen LogP contribution is 2.12. The molecule has 20 heavy (non-hydrogen) atoms. The second-order valence-corrected chi connectivity index (χ2v) is 5.40. The molecule has 1 N–H and O–H groups in total. The van der Waals surface area contributed by atoms with Gasteiger partial charge in [-0.1, -0.05) is 6.92 Å². The third-order valence-electron chi connectivity index (χ3n) is 3.17. The number of carbonyl (C=O) groups is 2. The molecule has 1 rings (SSSR count). The van der Waals surface area contributed by atoms with Gasteiger partial charge in [-0.2, -0.15) is 0 Å². The van der Waals surface area contributed by atoms with Crippen molar-refractivity contribution in [2.75, 3.05) is 32.9 Å². The van der Waals surface area contributed by atoms with Crippen LogP contribution in [0.2, 0.25) is 0 Å². The van der Waals surface area contributed by atoms with Crippen LogP contribution in [-0.4, -0.2) is 61.8 Å². The average molecular weight is 286 g/mol. The highest BCUT2D eigenvalue weighted by Gasteiger charge is 2.31. The van der Waals surface area contributed by atoms with Gasteiger partial charge in [0.05, 0.1) is 25.7 Å². The summed E-state index contributed by atoms with van der Waals surface area (Å²) >= 11 is 0. The molecule has 0 aromatic heterocycles. The molecule has 0 aliphatic carbocycles. The van der Waals surface area contributed by atoms with Crippen molar-refractivity contribution in [3.63, 3.8) is 0 Å². The Morgan fingerprint density at radius 2 is 2.10 bits per heavy atom. The van der Waals surface area contributed by atoms with E-state index < -0.39 is 0 Å². The number of hydrogen-bond donors (Lipinski definition) is 1. The summed E-state index contributed by atoms with van der Waals surface area (Å²) in [5.74, 6) is -0.514. The molecule has 1 heterocycles. The van der Waals surface area contributed by atoms with E-state index in [1.165, 1.54) is 0 Å². The maximum Gasteiger partial charge on any atom is 0.309 e. The number of ether oxygens (including phenoxy) is 2. The Balaban J connectivity index is 2.60. The molecule has 0 radical (unpaired) electrons. The van der Waals surface area contributed by atoms with Crippen LogP contribution in [-0.2, 0) is 19.1 Å². The lowest BCUT2D eigenvalue weighted by Gasteiger charge is -2.36. The van der Waals surface area contributed by atoms with Crippen molar-refractivity contribution in [1.82, 2.24) is 10.2 Å². The summed E-state index contributed by atoms with van der Waals surface area (Å²) in [5.41, 5.74) is 0. The van der Waals surface area contributed by atoms with Crippen molar-refractivity contribution >= 4 is 11.9 Å². The van der Waals surface area contributed by atoms with Gasteiger partial charge >= 0.3 is 5.97 Å². The highest BCUT2D eigenvalue weighted by molar-refractivity contribution is 5.82. The highest BCUT2D eigenvalue weighted by atomic mass is 16.5. The Hall–Kier alpha value is -1.14. The Morgan fingerprint density at radius 1 is 1.40 bits per heavy atom. The van der Waals surface area contributed by atoms with E-state index in [9.17, 15) is 9.59 Å². The van der Waals surface area contributed by atoms with Gasteiger partial charge in [0.2, 0.25) is 5.91 Å². The summed E-state index contributed by atoms with van der Waals surface area (Å²) in [4.78, 5) is 25.8. The van der Waals surface area contributed by atoms with Crippen LogP contribution in [0.25, 0.3) is 0 Å². The first-order valence-corrected chi connectivity index (χ1v) is 7.24. The Bertz CT molecular complexity index is 333. The van der Waals surface area contributed by atoms with Gasteiger partial charge < -0.3 is 14.8 Å². The van der Waals surface area contributed by atoms with Crippen molar-refractivity contribution < 1.29 is 19.1 Å². The average Bonchev–Trinajstić information content (AvgIpc) is 2.38. The first-order valence-electron chi connectivity index (χ1n) is 7.24. The van der Waals surface area contributed by atoms with E-state index in [0.29, 0.717) is 32.9 Å². The first kappa shape index (κ1) is 16.9. The van der Waals surface area contributed by atoms with Crippen molar-refractivity contribution in [3.8, 4) is 0 Å². The van der Waals surface area contributed by atoms with Gasteiger partial charge in [-0.05, 0) is 20.8 Å². The van der Waals surface area contributed by atoms with Crippen LogP contribution in [0.5, 0.6) is 0 Å². The summed E-state index contributed by atoms with van der Waals surface area (Å²) in [7, 11) is 0. The van der Waals surface area contributed by atoms with E-state index >= 15 is 0 Å². The normalized spacial score (nSPS) is 21.6. The van der Waals surface area contributed by atoms with Crippen LogP contribution in [0.4, 0.5) is 0 Å². The number of nitrogens with one attached hydrogen (secondary N) is 1. The molecule has 0 aromatic carbocycles. The fourth-order valence-electron chi connectivity index (χ4n) is 2.19. The largest absolute Gasteiger partial charge is 0.466 e. The third-order valence-corrected chi connectivity index (χ3v) is 3.17. The van der Waals surface area contributed by atoms with Crippen LogP contribution in [0.15, 0.2) is 0 Å². The van der Waals surface area contributed by atoms with E-state index in [1.54, 1.807) is 6.92 Å². The molecule has 6 heteroatoms.